The van der Waals surface area contributed by atoms with Gasteiger partial charge in [-0.05, 0) is 43.5 Å². The number of nitrogens with one attached hydrogen (secondary N) is 1. The number of benzene rings is 1. The lowest BCUT2D eigenvalue weighted by atomic mass is 10.1. The minimum Gasteiger partial charge on any atom is -0.463 e. The maximum Gasteiger partial charge on any atom is 0.330 e. The Balaban J connectivity index is 1.97. The van der Waals surface area contributed by atoms with Crippen molar-refractivity contribution in [2.75, 3.05) is 18.5 Å². The van der Waals surface area contributed by atoms with Crippen LogP contribution in [0.15, 0.2) is 30.3 Å². The van der Waals surface area contributed by atoms with Crippen LogP contribution in [0, 0.1) is 5.92 Å². The van der Waals surface area contributed by atoms with Crippen molar-refractivity contribution in [2.24, 2.45) is 5.92 Å². The summed E-state index contributed by atoms with van der Waals surface area (Å²) >= 11 is 0. The van der Waals surface area contributed by atoms with E-state index < -0.39 is 6.04 Å². The number of rotatable bonds is 6. The number of hydrogen-bond donors (Lipinski definition) is 1. The van der Waals surface area contributed by atoms with E-state index in [1.807, 2.05) is 13.8 Å². The Morgan fingerprint density at radius 3 is 2.58 bits per heavy atom. The molecule has 1 N–H and O–H groups in total. The van der Waals surface area contributed by atoms with Gasteiger partial charge in [0.2, 0.25) is 11.8 Å². The molecule has 1 atom stereocenters. The van der Waals surface area contributed by atoms with Gasteiger partial charge in [-0.25, -0.2) is 4.79 Å². The highest BCUT2D eigenvalue weighted by atomic mass is 16.5. The van der Waals surface area contributed by atoms with E-state index in [0.717, 1.165) is 12.0 Å². The molecule has 2 amide bonds. The fourth-order valence-electron chi connectivity index (χ4n) is 2.89. The minimum atomic E-state index is -0.409. The highest BCUT2D eigenvalue weighted by Crippen LogP contribution is 2.21. The van der Waals surface area contributed by atoms with Crippen molar-refractivity contribution in [3.8, 4) is 0 Å². The molecule has 1 fully saturated rings. The topological polar surface area (TPSA) is 75.7 Å². The van der Waals surface area contributed by atoms with Crippen molar-refractivity contribution in [2.45, 2.75) is 39.7 Å². The van der Waals surface area contributed by atoms with Crippen LogP contribution in [0.25, 0.3) is 6.08 Å². The lowest BCUT2D eigenvalue weighted by molar-refractivity contribution is -0.139. The predicted molar refractivity (Wildman–Crippen MR) is 100 cm³/mol. The number of nitrogens with zero attached hydrogens (tertiary/aromatic N) is 1. The van der Waals surface area contributed by atoms with Gasteiger partial charge >= 0.3 is 5.97 Å². The average Bonchev–Trinajstić information content (AvgIpc) is 3.10. The van der Waals surface area contributed by atoms with E-state index in [2.05, 4.69) is 5.32 Å². The second-order valence-corrected chi connectivity index (χ2v) is 6.54. The third-order valence-electron chi connectivity index (χ3n) is 4.21. The zero-order valence-electron chi connectivity index (χ0n) is 15.5. The molecular formula is C20H26N2O4. The van der Waals surface area contributed by atoms with Crippen LogP contribution in [0.4, 0.5) is 5.69 Å². The standard InChI is InChI=1S/C20H26N2O4/c1-4-26-18(23)12-9-15-7-10-16(11-8-15)21-19(24)17-6-5-13-22(17)20(25)14(2)3/h7-12,14,17H,4-6,13H2,1-3H3,(H,21,24)/b12-9+. The van der Waals surface area contributed by atoms with Gasteiger partial charge in [0.05, 0.1) is 6.61 Å². The highest BCUT2D eigenvalue weighted by Gasteiger charge is 2.34. The quantitative estimate of drug-likeness (QED) is 0.627. The first-order valence-electron chi connectivity index (χ1n) is 8.98. The maximum atomic E-state index is 12.5. The normalized spacial score (nSPS) is 16.9. The van der Waals surface area contributed by atoms with Gasteiger partial charge < -0.3 is 15.0 Å². The van der Waals surface area contributed by atoms with Crippen LogP contribution in [0.1, 0.15) is 39.2 Å². The second-order valence-electron chi connectivity index (χ2n) is 6.54. The van der Waals surface area contributed by atoms with Gasteiger partial charge in [0, 0.05) is 24.2 Å². The average molecular weight is 358 g/mol. The number of carbonyl (C=O) groups excluding carboxylic acids is 3. The van der Waals surface area contributed by atoms with Crippen LogP contribution in [-0.2, 0) is 19.1 Å². The van der Waals surface area contributed by atoms with Crippen molar-refractivity contribution in [3.05, 3.63) is 35.9 Å². The summed E-state index contributed by atoms with van der Waals surface area (Å²) in [5.41, 5.74) is 1.49. The lowest BCUT2D eigenvalue weighted by Gasteiger charge is -2.25. The number of likely N-dealkylation sites (tertiary alicyclic amines) is 1. The fraction of sp³-hybridized carbons (Fsp3) is 0.450. The van der Waals surface area contributed by atoms with Gasteiger partial charge in [-0.2, -0.15) is 0 Å². The molecule has 0 aromatic heterocycles. The van der Waals surface area contributed by atoms with Crippen LogP contribution in [0.2, 0.25) is 0 Å². The van der Waals surface area contributed by atoms with Crippen LogP contribution in [-0.4, -0.2) is 41.9 Å². The van der Waals surface area contributed by atoms with Gasteiger partial charge in [-0.1, -0.05) is 26.0 Å². The van der Waals surface area contributed by atoms with Gasteiger partial charge in [0.15, 0.2) is 0 Å². The summed E-state index contributed by atoms with van der Waals surface area (Å²) in [6, 6.07) is 6.74. The summed E-state index contributed by atoms with van der Waals surface area (Å²) in [4.78, 5) is 37.8. The smallest absolute Gasteiger partial charge is 0.330 e. The van der Waals surface area contributed by atoms with E-state index in [1.165, 1.54) is 6.08 Å². The van der Waals surface area contributed by atoms with Crippen molar-refractivity contribution in [3.63, 3.8) is 0 Å². The molecule has 1 aromatic carbocycles. The number of ether oxygens (including phenoxy) is 1. The van der Waals surface area contributed by atoms with Crippen molar-refractivity contribution in [1.82, 2.24) is 4.90 Å². The van der Waals surface area contributed by atoms with Gasteiger partial charge in [0.25, 0.3) is 0 Å². The van der Waals surface area contributed by atoms with E-state index in [-0.39, 0.29) is 23.7 Å². The van der Waals surface area contributed by atoms with Gasteiger partial charge in [-0.15, -0.1) is 0 Å². The van der Waals surface area contributed by atoms with Crippen LogP contribution >= 0.6 is 0 Å². The van der Waals surface area contributed by atoms with Crippen LogP contribution in [0.5, 0.6) is 0 Å². The summed E-state index contributed by atoms with van der Waals surface area (Å²) in [5, 5.41) is 2.87. The molecule has 0 radical (unpaired) electrons. The zero-order valence-corrected chi connectivity index (χ0v) is 15.5. The SMILES string of the molecule is CCOC(=O)/C=C/c1ccc(NC(=O)C2CCCN2C(=O)C(C)C)cc1. The highest BCUT2D eigenvalue weighted by molar-refractivity contribution is 5.97. The Labute approximate surface area is 154 Å². The third-order valence-corrected chi connectivity index (χ3v) is 4.21. The molecule has 6 nitrogen and oxygen atoms in total. The third kappa shape index (κ3) is 5.18. The molecule has 1 aliphatic rings. The van der Waals surface area contributed by atoms with Crippen LogP contribution < -0.4 is 5.32 Å². The first kappa shape index (κ1) is 19.7. The van der Waals surface area contributed by atoms with Gasteiger partial charge in [0.1, 0.15) is 6.04 Å². The number of esters is 1. The summed E-state index contributed by atoms with van der Waals surface area (Å²) < 4.78 is 4.83. The van der Waals surface area contributed by atoms with E-state index in [1.54, 1.807) is 42.2 Å². The fourth-order valence-corrected chi connectivity index (χ4v) is 2.89. The number of anilines is 1. The monoisotopic (exact) mass is 358 g/mol. The van der Waals surface area contributed by atoms with Crippen molar-refractivity contribution in [1.29, 1.82) is 0 Å². The van der Waals surface area contributed by atoms with Crippen molar-refractivity contribution >= 4 is 29.5 Å². The molecular weight excluding hydrogens is 332 g/mol. The second kappa shape index (κ2) is 9.17. The van der Waals surface area contributed by atoms with E-state index >= 15 is 0 Å². The molecule has 140 valence electrons. The molecule has 0 spiro atoms. The Bertz CT molecular complexity index is 680. The first-order valence-corrected chi connectivity index (χ1v) is 8.98. The Morgan fingerprint density at radius 1 is 1.27 bits per heavy atom. The Morgan fingerprint density at radius 2 is 1.96 bits per heavy atom. The van der Waals surface area contributed by atoms with E-state index in [0.29, 0.717) is 25.3 Å². The molecule has 6 heteroatoms. The summed E-state index contributed by atoms with van der Waals surface area (Å²) in [6.45, 7) is 6.41. The van der Waals surface area contributed by atoms with E-state index in [4.69, 9.17) is 4.74 Å². The molecule has 0 saturated carbocycles. The number of amides is 2. The Hall–Kier alpha value is -2.63. The largest absolute Gasteiger partial charge is 0.463 e. The predicted octanol–water partition coefficient (Wildman–Crippen LogP) is 2.85. The summed E-state index contributed by atoms with van der Waals surface area (Å²) in [6.07, 6.45) is 4.55. The van der Waals surface area contributed by atoms with E-state index in [9.17, 15) is 14.4 Å². The molecule has 1 saturated heterocycles. The molecule has 2 rings (SSSR count). The molecule has 1 unspecified atom stereocenters. The first-order chi connectivity index (χ1) is 12.4. The maximum absolute atomic E-state index is 12.5. The molecule has 0 bridgehead atoms. The zero-order chi connectivity index (χ0) is 19.1. The number of carbonyl (C=O) groups is 3. The molecule has 1 heterocycles. The van der Waals surface area contributed by atoms with Crippen molar-refractivity contribution < 1.29 is 19.1 Å². The Kier molecular flexibility index (Phi) is 6.95. The number of hydrogen-bond acceptors (Lipinski definition) is 4. The van der Waals surface area contributed by atoms with Crippen LogP contribution in [0.3, 0.4) is 0 Å². The minimum absolute atomic E-state index is 0.0158. The summed E-state index contributed by atoms with van der Waals surface area (Å²) in [5.74, 6) is -0.650. The molecule has 1 aromatic rings. The molecule has 26 heavy (non-hydrogen) atoms. The summed E-state index contributed by atoms with van der Waals surface area (Å²) in [7, 11) is 0. The van der Waals surface area contributed by atoms with Gasteiger partial charge in [-0.3, -0.25) is 9.59 Å². The molecule has 0 aliphatic carbocycles. The lowest BCUT2D eigenvalue weighted by Crippen LogP contribution is -2.44. The molecule has 1 aliphatic heterocycles.